The number of unbranched alkanes of at least 4 members (excludes halogenated alkanes) is 7. The van der Waals surface area contributed by atoms with Crippen LogP contribution in [0.1, 0.15) is 90.0 Å². The number of aromatic nitrogens is 2. The van der Waals surface area contributed by atoms with E-state index in [1.807, 2.05) is 19.3 Å². The number of hydrogen-bond acceptors (Lipinski definition) is 3. The van der Waals surface area contributed by atoms with Crippen molar-refractivity contribution in [3.05, 3.63) is 42.0 Å². The van der Waals surface area contributed by atoms with Gasteiger partial charge in [-0.25, -0.2) is 18.7 Å². The van der Waals surface area contributed by atoms with Crippen molar-refractivity contribution in [3.63, 3.8) is 0 Å². The van der Waals surface area contributed by atoms with Gasteiger partial charge in [0.1, 0.15) is 6.17 Å². The summed E-state index contributed by atoms with van der Waals surface area (Å²) in [6.07, 6.45) is 15.3. The van der Waals surface area contributed by atoms with E-state index in [0.717, 1.165) is 31.2 Å². The van der Waals surface area contributed by atoms with Gasteiger partial charge in [0.25, 0.3) is 0 Å². The molecule has 0 spiro atoms. The van der Waals surface area contributed by atoms with Gasteiger partial charge in [0.2, 0.25) is 0 Å². The van der Waals surface area contributed by atoms with Crippen LogP contribution in [0.15, 0.2) is 30.6 Å². The lowest BCUT2D eigenvalue weighted by atomic mass is 10.1. The lowest BCUT2D eigenvalue weighted by Gasteiger charge is -2.11. The molecule has 0 fully saturated rings. The third-order valence-corrected chi connectivity index (χ3v) is 5.52. The molecule has 1 aromatic carbocycles. The van der Waals surface area contributed by atoms with E-state index in [-0.39, 0.29) is 18.8 Å². The summed E-state index contributed by atoms with van der Waals surface area (Å²) < 4.78 is 33.5. The van der Waals surface area contributed by atoms with Gasteiger partial charge >= 0.3 is 0 Å². The smallest absolute Gasteiger partial charge is 0.165 e. The summed E-state index contributed by atoms with van der Waals surface area (Å²) in [6, 6.07) is 4.69. The highest BCUT2D eigenvalue weighted by atomic mass is 19.1. The van der Waals surface area contributed by atoms with E-state index in [1.54, 1.807) is 12.1 Å². The van der Waals surface area contributed by atoms with Gasteiger partial charge in [-0.2, -0.15) is 0 Å². The molecule has 0 bridgehead atoms. The van der Waals surface area contributed by atoms with Crippen molar-refractivity contribution in [3.8, 4) is 17.1 Å². The minimum absolute atomic E-state index is 0.141. The first kappa shape index (κ1) is 25.2. The van der Waals surface area contributed by atoms with Gasteiger partial charge in [-0.1, -0.05) is 65.2 Å². The zero-order valence-electron chi connectivity index (χ0n) is 19.2. The molecule has 1 heterocycles. The van der Waals surface area contributed by atoms with E-state index in [0.29, 0.717) is 17.8 Å². The summed E-state index contributed by atoms with van der Waals surface area (Å²) >= 11 is 0. The molecule has 0 N–H and O–H groups in total. The molecule has 0 aliphatic heterocycles. The highest BCUT2D eigenvalue weighted by Gasteiger charge is 2.10. The molecule has 1 atom stereocenters. The van der Waals surface area contributed by atoms with Gasteiger partial charge in [-0.05, 0) is 43.0 Å². The molecule has 5 heteroatoms. The maximum atomic E-state index is 14.4. The van der Waals surface area contributed by atoms with Gasteiger partial charge in [-0.3, -0.25) is 0 Å². The van der Waals surface area contributed by atoms with Crippen LogP contribution in [-0.2, 0) is 6.42 Å². The van der Waals surface area contributed by atoms with Crippen molar-refractivity contribution in [1.82, 2.24) is 9.97 Å². The van der Waals surface area contributed by atoms with Gasteiger partial charge < -0.3 is 4.74 Å². The van der Waals surface area contributed by atoms with Crippen LogP contribution in [0.3, 0.4) is 0 Å². The summed E-state index contributed by atoms with van der Waals surface area (Å²) in [7, 11) is 0. The number of alkyl halides is 1. The largest absolute Gasteiger partial charge is 0.490 e. The standard InChI is InChI=1S/C26H38F2N2O/c1-3-5-7-8-9-10-11-12-21-19-29-26(30-20-21)22-14-15-25(24(28)18-22)31-17-16-23(27)13-6-4-2/h14-15,18-20,23H,3-13,16-17H2,1-2H3/t23-/m1/s1. The molecule has 0 saturated carbocycles. The Morgan fingerprint density at radius 2 is 1.55 bits per heavy atom. The topological polar surface area (TPSA) is 35.0 Å². The van der Waals surface area contributed by atoms with Crippen LogP contribution < -0.4 is 4.74 Å². The van der Waals surface area contributed by atoms with Crippen molar-refractivity contribution >= 4 is 0 Å². The second kappa shape index (κ2) is 14.9. The molecular formula is C26H38F2N2O. The average Bonchev–Trinajstić information content (AvgIpc) is 2.78. The molecule has 1 aromatic heterocycles. The van der Waals surface area contributed by atoms with E-state index in [1.165, 1.54) is 44.6 Å². The Hall–Kier alpha value is -2.04. The molecule has 3 nitrogen and oxygen atoms in total. The minimum Gasteiger partial charge on any atom is -0.490 e. The Morgan fingerprint density at radius 3 is 2.23 bits per heavy atom. The molecule has 0 radical (unpaired) electrons. The average molecular weight is 433 g/mol. The first-order chi connectivity index (χ1) is 15.1. The zero-order chi connectivity index (χ0) is 22.3. The highest BCUT2D eigenvalue weighted by Crippen LogP contribution is 2.24. The number of ether oxygens (including phenoxy) is 1. The van der Waals surface area contributed by atoms with Gasteiger partial charge in [0, 0.05) is 24.4 Å². The second-order valence-electron chi connectivity index (χ2n) is 8.31. The number of rotatable bonds is 16. The zero-order valence-corrected chi connectivity index (χ0v) is 19.2. The van der Waals surface area contributed by atoms with Crippen LogP contribution in [0.4, 0.5) is 8.78 Å². The second-order valence-corrected chi connectivity index (χ2v) is 8.31. The predicted octanol–water partition coefficient (Wildman–Crippen LogP) is 7.87. The molecule has 0 unspecified atom stereocenters. The Bertz CT molecular complexity index is 737. The molecule has 31 heavy (non-hydrogen) atoms. The monoisotopic (exact) mass is 432 g/mol. The van der Waals surface area contributed by atoms with E-state index in [2.05, 4.69) is 16.9 Å². The number of hydrogen-bond donors (Lipinski definition) is 0. The van der Waals surface area contributed by atoms with Crippen LogP contribution in [-0.4, -0.2) is 22.7 Å². The fraction of sp³-hybridized carbons (Fsp3) is 0.615. The molecule has 0 aliphatic carbocycles. The Morgan fingerprint density at radius 1 is 0.871 bits per heavy atom. The summed E-state index contributed by atoms with van der Waals surface area (Å²) in [5.41, 5.74) is 1.72. The number of nitrogens with zero attached hydrogens (tertiary/aromatic N) is 2. The van der Waals surface area contributed by atoms with Crippen LogP contribution in [0, 0.1) is 5.82 Å². The van der Waals surface area contributed by atoms with Crippen molar-refractivity contribution in [1.29, 1.82) is 0 Å². The Balaban J connectivity index is 1.77. The lowest BCUT2D eigenvalue weighted by molar-refractivity contribution is 0.218. The summed E-state index contributed by atoms with van der Waals surface area (Å²) in [5, 5.41) is 0. The number of benzene rings is 1. The van der Waals surface area contributed by atoms with E-state index in [4.69, 9.17) is 4.74 Å². The SMILES string of the molecule is CCCCCCCCCc1cnc(-c2ccc(OCC[C@H](F)CCCC)c(F)c2)nc1. The lowest BCUT2D eigenvalue weighted by Crippen LogP contribution is -2.08. The highest BCUT2D eigenvalue weighted by molar-refractivity contribution is 5.56. The summed E-state index contributed by atoms with van der Waals surface area (Å²) in [5.74, 6) is 0.163. The summed E-state index contributed by atoms with van der Waals surface area (Å²) in [4.78, 5) is 8.81. The molecular weight excluding hydrogens is 394 g/mol. The first-order valence-corrected chi connectivity index (χ1v) is 12.0. The maximum Gasteiger partial charge on any atom is 0.165 e. The van der Waals surface area contributed by atoms with Crippen molar-refractivity contribution < 1.29 is 13.5 Å². The summed E-state index contributed by atoms with van der Waals surface area (Å²) in [6.45, 7) is 4.44. The molecule has 172 valence electrons. The van der Waals surface area contributed by atoms with E-state index in [9.17, 15) is 8.78 Å². The van der Waals surface area contributed by atoms with Crippen molar-refractivity contribution in [2.24, 2.45) is 0 Å². The molecule has 2 aromatic rings. The predicted molar refractivity (Wildman–Crippen MR) is 124 cm³/mol. The molecule has 0 aliphatic rings. The van der Waals surface area contributed by atoms with E-state index < -0.39 is 12.0 Å². The fourth-order valence-electron chi connectivity index (χ4n) is 3.54. The van der Waals surface area contributed by atoms with Crippen LogP contribution >= 0.6 is 0 Å². The molecule has 0 amide bonds. The van der Waals surface area contributed by atoms with Crippen molar-refractivity contribution in [2.75, 3.05) is 6.61 Å². The van der Waals surface area contributed by atoms with E-state index >= 15 is 0 Å². The van der Waals surface area contributed by atoms with Gasteiger partial charge in [0.05, 0.1) is 6.61 Å². The first-order valence-electron chi connectivity index (χ1n) is 12.0. The maximum absolute atomic E-state index is 14.4. The van der Waals surface area contributed by atoms with Crippen LogP contribution in [0.5, 0.6) is 5.75 Å². The third-order valence-electron chi connectivity index (χ3n) is 5.52. The van der Waals surface area contributed by atoms with Crippen molar-refractivity contribution in [2.45, 2.75) is 97.1 Å². The molecule has 0 saturated heterocycles. The quantitative estimate of drug-likeness (QED) is 0.253. The normalized spacial score (nSPS) is 12.1. The third kappa shape index (κ3) is 9.75. The number of halogens is 2. The van der Waals surface area contributed by atoms with Gasteiger partial charge in [-0.15, -0.1) is 0 Å². The number of aryl methyl sites for hydroxylation is 1. The Kier molecular flexibility index (Phi) is 12.1. The minimum atomic E-state index is -0.893. The van der Waals surface area contributed by atoms with Gasteiger partial charge in [0.15, 0.2) is 17.4 Å². The Labute approximate surface area is 186 Å². The molecule has 2 rings (SSSR count). The van der Waals surface area contributed by atoms with Crippen LogP contribution in [0.25, 0.3) is 11.4 Å². The fourth-order valence-corrected chi connectivity index (χ4v) is 3.54. The van der Waals surface area contributed by atoms with Crippen LogP contribution in [0.2, 0.25) is 0 Å².